The predicted molar refractivity (Wildman–Crippen MR) is 79.2 cm³/mol. The van der Waals surface area contributed by atoms with E-state index in [-0.39, 0.29) is 18.3 Å². The summed E-state index contributed by atoms with van der Waals surface area (Å²) < 4.78 is 13.5. The minimum Gasteiger partial charge on any atom is -0.351 e. The third-order valence-corrected chi connectivity index (χ3v) is 4.41. The van der Waals surface area contributed by atoms with Crippen LogP contribution >= 0.6 is 0 Å². The van der Waals surface area contributed by atoms with Crippen molar-refractivity contribution in [1.29, 1.82) is 0 Å². The van der Waals surface area contributed by atoms with E-state index in [0.29, 0.717) is 24.2 Å². The van der Waals surface area contributed by atoms with Gasteiger partial charge in [-0.25, -0.2) is 4.39 Å². The van der Waals surface area contributed by atoms with Crippen molar-refractivity contribution in [2.75, 3.05) is 19.6 Å². The van der Waals surface area contributed by atoms with Gasteiger partial charge in [0.1, 0.15) is 5.82 Å². The number of nitrogens with one attached hydrogen (secondary N) is 2. The van der Waals surface area contributed by atoms with Crippen LogP contribution in [0.4, 0.5) is 4.39 Å². The molecule has 0 aromatic heterocycles. The second-order valence-electron chi connectivity index (χ2n) is 6.03. The van der Waals surface area contributed by atoms with Gasteiger partial charge in [-0.3, -0.25) is 9.69 Å². The van der Waals surface area contributed by atoms with Gasteiger partial charge in [-0.1, -0.05) is 18.2 Å². The summed E-state index contributed by atoms with van der Waals surface area (Å²) in [6, 6.07) is 7.70. The Kier molecular flexibility index (Phi) is 4.51. The van der Waals surface area contributed by atoms with Gasteiger partial charge in [0.2, 0.25) is 5.91 Å². The molecule has 4 nitrogen and oxygen atoms in total. The fourth-order valence-corrected chi connectivity index (χ4v) is 3.25. The van der Waals surface area contributed by atoms with Crippen LogP contribution in [0.3, 0.4) is 0 Å². The molecule has 114 valence electrons. The molecular formula is C16H22FN3O. The van der Waals surface area contributed by atoms with Crippen LogP contribution < -0.4 is 10.6 Å². The highest BCUT2D eigenvalue weighted by Gasteiger charge is 2.29. The Morgan fingerprint density at radius 2 is 2.10 bits per heavy atom. The van der Waals surface area contributed by atoms with Gasteiger partial charge in [-0.15, -0.1) is 0 Å². The molecule has 2 N–H and O–H groups in total. The molecule has 0 spiro atoms. The van der Waals surface area contributed by atoms with Crippen molar-refractivity contribution in [3.8, 4) is 0 Å². The molecule has 0 radical (unpaired) electrons. The lowest BCUT2D eigenvalue weighted by Gasteiger charge is -2.23. The Hall–Kier alpha value is -1.46. The van der Waals surface area contributed by atoms with Crippen LogP contribution in [0.15, 0.2) is 24.3 Å². The second-order valence-corrected chi connectivity index (χ2v) is 6.03. The van der Waals surface area contributed by atoms with Crippen LogP contribution in [0.1, 0.15) is 24.8 Å². The van der Waals surface area contributed by atoms with Crippen molar-refractivity contribution in [3.05, 3.63) is 35.6 Å². The molecular weight excluding hydrogens is 269 g/mol. The number of rotatable bonds is 4. The normalized spacial score (nSPS) is 25.6. The van der Waals surface area contributed by atoms with Crippen LogP contribution in [0, 0.1) is 5.82 Å². The third kappa shape index (κ3) is 3.80. The molecule has 2 aliphatic heterocycles. The molecule has 5 heteroatoms. The Morgan fingerprint density at radius 1 is 1.29 bits per heavy atom. The van der Waals surface area contributed by atoms with Crippen LogP contribution in [-0.2, 0) is 11.3 Å². The van der Waals surface area contributed by atoms with Crippen LogP contribution in [0.5, 0.6) is 0 Å². The largest absolute Gasteiger partial charge is 0.351 e. The summed E-state index contributed by atoms with van der Waals surface area (Å²) in [5.74, 6) is -0.301. The maximum Gasteiger partial charge on any atom is 0.234 e. The van der Waals surface area contributed by atoms with Crippen molar-refractivity contribution in [2.24, 2.45) is 0 Å². The molecule has 1 aromatic rings. The van der Waals surface area contributed by atoms with Gasteiger partial charge >= 0.3 is 0 Å². The number of hydrogen-bond donors (Lipinski definition) is 2. The molecule has 21 heavy (non-hydrogen) atoms. The van der Waals surface area contributed by atoms with Crippen molar-refractivity contribution < 1.29 is 9.18 Å². The van der Waals surface area contributed by atoms with E-state index in [1.165, 1.54) is 18.9 Å². The fourth-order valence-electron chi connectivity index (χ4n) is 3.25. The van der Waals surface area contributed by atoms with E-state index in [1.54, 1.807) is 18.2 Å². The first-order chi connectivity index (χ1) is 10.2. The van der Waals surface area contributed by atoms with Crippen LogP contribution in [0.25, 0.3) is 0 Å². The minimum atomic E-state index is -0.269. The Balaban J connectivity index is 1.47. The third-order valence-electron chi connectivity index (χ3n) is 4.41. The average Bonchev–Trinajstić information content (AvgIpc) is 2.81. The fraction of sp³-hybridized carbons (Fsp3) is 0.562. The van der Waals surface area contributed by atoms with Gasteiger partial charge in [0.25, 0.3) is 0 Å². The molecule has 0 saturated carbocycles. The number of amides is 1. The maximum atomic E-state index is 13.5. The summed E-state index contributed by atoms with van der Waals surface area (Å²) >= 11 is 0. The summed E-state index contributed by atoms with van der Waals surface area (Å²) in [6.07, 6.45) is 3.58. The summed E-state index contributed by atoms with van der Waals surface area (Å²) in [4.78, 5) is 14.2. The smallest absolute Gasteiger partial charge is 0.234 e. The highest BCUT2D eigenvalue weighted by molar-refractivity contribution is 5.78. The first-order valence-electron chi connectivity index (χ1n) is 7.69. The topological polar surface area (TPSA) is 44.4 Å². The zero-order valence-corrected chi connectivity index (χ0v) is 12.1. The molecule has 2 aliphatic rings. The SMILES string of the molecule is O=C(CN1CCC2CCC(C1)N2)NCc1ccccc1F. The average molecular weight is 291 g/mol. The van der Waals surface area contributed by atoms with Crippen molar-refractivity contribution in [2.45, 2.75) is 37.9 Å². The van der Waals surface area contributed by atoms with E-state index in [2.05, 4.69) is 15.5 Å². The van der Waals surface area contributed by atoms with Gasteiger partial charge < -0.3 is 10.6 Å². The Labute approximate surface area is 124 Å². The number of carbonyl (C=O) groups is 1. The standard InChI is InChI=1S/C16H22FN3O/c17-15-4-2-1-3-12(15)9-18-16(21)11-20-8-7-13-5-6-14(10-20)19-13/h1-4,13-14,19H,5-11H2,(H,18,21). The molecule has 2 heterocycles. The highest BCUT2D eigenvalue weighted by atomic mass is 19.1. The molecule has 2 bridgehead atoms. The zero-order chi connectivity index (χ0) is 14.7. The maximum absolute atomic E-state index is 13.5. The summed E-state index contributed by atoms with van der Waals surface area (Å²) in [5.41, 5.74) is 0.530. The predicted octanol–water partition coefficient (Wildman–Crippen LogP) is 1.27. The lowest BCUT2D eigenvalue weighted by molar-refractivity contribution is -0.122. The van der Waals surface area contributed by atoms with Crippen molar-refractivity contribution in [3.63, 3.8) is 0 Å². The monoisotopic (exact) mass is 291 g/mol. The van der Waals surface area contributed by atoms with Crippen molar-refractivity contribution in [1.82, 2.24) is 15.5 Å². The number of fused-ring (bicyclic) bond motifs is 2. The van der Waals surface area contributed by atoms with E-state index in [9.17, 15) is 9.18 Å². The number of halogens is 1. The summed E-state index contributed by atoms with van der Waals surface area (Å²) in [5, 5.41) is 6.41. The molecule has 1 aromatic carbocycles. The summed E-state index contributed by atoms with van der Waals surface area (Å²) in [6.45, 7) is 2.55. The van der Waals surface area contributed by atoms with Crippen molar-refractivity contribution >= 4 is 5.91 Å². The molecule has 2 atom stereocenters. The van der Waals surface area contributed by atoms with Crippen LogP contribution in [0.2, 0.25) is 0 Å². The van der Waals surface area contributed by atoms with Gasteiger partial charge in [0.05, 0.1) is 6.54 Å². The number of likely N-dealkylation sites (tertiary alicyclic amines) is 1. The Bertz CT molecular complexity index is 508. The molecule has 2 saturated heterocycles. The summed E-state index contributed by atoms with van der Waals surface area (Å²) in [7, 11) is 0. The minimum absolute atomic E-state index is 0.0315. The van der Waals surface area contributed by atoms with Gasteiger partial charge in [-0.2, -0.15) is 0 Å². The highest BCUT2D eigenvalue weighted by Crippen LogP contribution is 2.20. The van der Waals surface area contributed by atoms with Gasteiger partial charge in [0, 0.05) is 37.3 Å². The van der Waals surface area contributed by atoms with E-state index in [0.717, 1.165) is 19.5 Å². The Morgan fingerprint density at radius 3 is 2.95 bits per heavy atom. The zero-order valence-electron chi connectivity index (χ0n) is 12.1. The molecule has 2 fully saturated rings. The number of carbonyl (C=O) groups excluding carboxylic acids is 1. The second kappa shape index (κ2) is 6.54. The van der Waals surface area contributed by atoms with E-state index < -0.39 is 0 Å². The van der Waals surface area contributed by atoms with E-state index in [1.807, 2.05) is 0 Å². The quantitative estimate of drug-likeness (QED) is 0.878. The lowest BCUT2D eigenvalue weighted by Crippen LogP contribution is -2.41. The van der Waals surface area contributed by atoms with E-state index >= 15 is 0 Å². The molecule has 2 unspecified atom stereocenters. The first-order valence-corrected chi connectivity index (χ1v) is 7.69. The van der Waals surface area contributed by atoms with Gasteiger partial charge in [0.15, 0.2) is 0 Å². The first kappa shape index (κ1) is 14.5. The molecule has 0 aliphatic carbocycles. The molecule has 3 rings (SSSR count). The van der Waals surface area contributed by atoms with E-state index in [4.69, 9.17) is 0 Å². The number of nitrogens with zero attached hydrogens (tertiary/aromatic N) is 1. The van der Waals surface area contributed by atoms with Gasteiger partial charge in [-0.05, 0) is 25.3 Å². The lowest BCUT2D eigenvalue weighted by atomic mass is 10.1. The number of hydrogen-bond acceptors (Lipinski definition) is 3. The van der Waals surface area contributed by atoms with Crippen LogP contribution in [-0.4, -0.2) is 42.5 Å². The molecule has 1 amide bonds. The number of benzene rings is 1.